The van der Waals surface area contributed by atoms with Crippen molar-refractivity contribution in [1.29, 1.82) is 0 Å². The number of carbonyl (C=O) groups is 2. The Morgan fingerprint density at radius 3 is 2.37 bits per heavy atom. The maximum atomic E-state index is 11.7. The summed E-state index contributed by atoms with van der Waals surface area (Å²) >= 11 is 0. The van der Waals surface area contributed by atoms with Gasteiger partial charge < -0.3 is 21.3 Å². The Kier molecular flexibility index (Phi) is 6.24. The highest BCUT2D eigenvalue weighted by molar-refractivity contribution is 5.87. The van der Waals surface area contributed by atoms with Gasteiger partial charge in [-0.1, -0.05) is 32.1 Å². The molecule has 3 atom stereocenters. The first kappa shape index (κ1) is 15.9. The van der Waals surface area contributed by atoms with Gasteiger partial charge in [-0.25, -0.2) is 4.79 Å². The molecule has 1 rings (SSSR count). The van der Waals surface area contributed by atoms with Crippen LogP contribution in [0.4, 0.5) is 0 Å². The summed E-state index contributed by atoms with van der Waals surface area (Å²) in [5, 5.41) is 20.8. The first-order chi connectivity index (χ1) is 8.91. The van der Waals surface area contributed by atoms with Crippen molar-refractivity contribution in [3.05, 3.63) is 0 Å². The molecule has 0 aromatic rings. The molecule has 0 radical (unpaired) electrons. The number of aliphatic hydroxyl groups is 1. The Hall–Kier alpha value is -1.14. The van der Waals surface area contributed by atoms with Crippen molar-refractivity contribution in [1.82, 2.24) is 5.32 Å². The zero-order valence-corrected chi connectivity index (χ0v) is 11.3. The van der Waals surface area contributed by atoms with Crippen molar-refractivity contribution in [2.24, 2.45) is 11.7 Å². The van der Waals surface area contributed by atoms with E-state index in [0.29, 0.717) is 12.3 Å². The first-order valence-electron chi connectivity index (χ1n) is 6.88. The maximum absolute atomic E-state index is 11.7. The minimum atomic E-state index is -1.09. The number of carbonyl (C=O) groups excluding carboxylic acids is 1. The second-order valence-corrected chi connectivity index (χ2v) is 5.41. The lowest BCUT2D eigenvalue weighted by molar-refractivity contribution is -0.143. The van der Waals surface area contributed by atoms with E-state index in [1.807, 2.05) is 0 Å². The molecule has 1 aliphatic rings. The van der Waals surface area contributed by atoms with Crippen LogP contribution in [0.1, 0.15) is 45.4 Å². The Bertz CT molecular complexity index is 314. The number of aliphatic hydroxyl groups excluding tert-OH is 1. The van der Waals surface area contributed by atoms with Crippen molar-refractivity contribution >= 4 is 11.9 Å². The van der Waals surface area contributed by atoms with E-state index in [1.165, 1.54) is 13.3 Å². The largest absolute Gasteiger partial charge is 0.480 e. The van der Waals surface area contributed by atoms with Crippen LogP contribution in [0.25, 0.3) is 0 Å². The molecule has 1 saturated carbocycles. The van der Waals surface area contributed by atoms with Gasteiger partial charge >= 0.3 is 5.97 Å². The number of nitrogens with one attached hydrogen (secondary N) is 1. The van der Waals surface area contributed by atoms with Crippen LogP contribution in [-0.2, 0) is 9.59 Å². The SMILES string of the molecule is C[C@@H](O)[C@H](N)C(=O)N[C@@H](CC1CCCCC1)C(=O)O. The first-order valence-corrected chi connectivity index (χ1v) is 6.88. The van der Waals surface area contributed by atoms with E-state index in [-0.39, 0.29) is 0 Å². The summed E-state index contributed by atoms with van der Waals surface area (Å²) in [6.07, 6.45) is 4.92. The van der Waals surface area contributed by atoms with Gasteiger partial charge in [0.05, 0.1) is 6.10 Å². The van der Waals surface area contributed by atoms with Gasteiger partial charge in [-0.05, 0) is 19.3 Å². The molecule has 0 aromatic heterocycles. The van der Waals surface area contributed by atoms with Gasteiger partial charge in [-0.15, -0.1) is 0 Å². The molecule has 1 aliphatic carbocycles. The van der Waals surface area contributed by atoms with E-state index >= 15 is 0 Å². The van der Waals surface area contributed by atoms with Crippen molar-refractivity contribution in [2.45, 2.75) is 63.6 Å². The van der Waals surface area contributed by atoms with Crippen LogP contribution in [-0.4, -0.2) is 40.3 Å². The molecule has 6 heteroatoms. The third-order valence-electron chi connectivity index (χ3n) is 3.73. The molecule has 110 valence electrons. The summed E-state index contributed by atoms with van der Waals surface area (Å²) in [6, 6.07) is -2.01. The topological polar surface area (TPSA) is 113 Å². The standard InChI is InChI=1S/C13H24N2O4/c1-8(16)11(14)12(17)15-10(13(18)19)7-9-5-3-2-4-6-9/h8-11,16H,2-7,14H2,1H3,(H,15,17)(H,18,19)/t8-,10+,11+/m1/s1. The molecule has 19 heavy (non-hydrogen) atoms. The van der Waals surface area contributed by atoms with Gasteiger partial charge in [0, 0.05) is 0 Å². The zero-order chi connectivity index (χ0) is 14.4. The molecule has 0 heterocycles. The highest BCUT2D eigenvalue weighted by Gasteiger charge is 2.28. The highest BCUT2D eigenvalue weighted by Crippen LogP contribution is 2.27. The predicted molar refractivity (Wildman–Crippen MR) is 70.4 cm³/mol. The van der Waals surface area contributed by atoms with Gasteiger partial charge in [0.2, 0.25) is 5.91 Å². The molecule has 0 unspecified atom stereocenters. The average Bonchev–Trinajstić information content (AvgIpc) is 2.37. The van der Waals surface area contributed by atoms with Crippen LogP contribution in [0.5, 0.6) is 0 Å². The smallest absolute Gasteiger partial charge is 0.326 e. The van der Waals surface area contributed by atoms with Crippen molar-refractivity contribution < 1.29 is 19.8 Å². The minimum Gasteiger partial charge on any atom is -0.480 e. The van der Waals surface area contributed by atoms with Crippen LogP contribution >= 0.6 is 0 Å². The monoisotopic (exact) mass is 272 g/mol. The van der Waals surface area contributed by atoms with E-state index in [1.54, 1.807) is 0 Å². The third-order valence-corrected chi connectivity index (χ3v) is 3.73. The highest BCUT2D eigenvalue weighted by atomic mass is 16.4. The van der Waals surface area contributed by atoms with Crippen LogP contribution in [0, 0.1) is 5.92 Å². The molecule has 0 spiro atoms. The number of carboxylic acids is 1. The second-order valence-electron chi connectivity index (χ2n) is 5.41. The van der Waals surface area contributed by atoms with Gasteiger partial charge in [-0.2, -0.15) is 0 Å². The lowest BCUT2D eigenvalue weighted by atomic mass is 9.85. The number of carboxylic acid groups (broad SMARTS) is 1. The van der Waals surface area contributed by atoms with Crippen LogP contribution in [0.2, 0.25) is 0 Å². The lowest BCUT2D eigenvalue weighted by Gasteiger charge is -2.26. The number of nitrogens with two attached hydrogens (primary N) is 1. The molecule has 1 fully saturated rings. The molecular formula is C13H24N2O4. The van der Waals surface area contributed by atoms with Crippen molar-refractivity contribution in [3.63, 3.8) is 0 Å². The van der Waals surface area contributed by atoms with Crippen molar-refractivity contribution in [3.8, 4) is 0 Å². The summed E-state index contributed by atoms with van der Waals surface area (Å²) in [5.74, 6) is -1.31. The van der Waals surface area contributed by atoms with Crippen LogP contribution < -0.4 is 11.1 Å². The van der Waals surface area contributed by atoms with Gasteiger partial charge in [0.15, 0.2) is 0 Å². The van der Waals surface area contributed by atoms with E-state index < -0.39 is 30.1 Å². The molecule has 0 saturated heterocycles. The second kappa shape index (κ2) is 7.45. The maximum Gasteiger partial charge on any atom is 0.326 e. The molecule has 0 bridgehead atoms. The van der Waals surface area contributed by atoms with Crippen LogP contribution in [0.15, 0.2) is 0 Å². The van der Waals surface area contributed by atoms with E-state index in [4.69, 9.17) is 10.8 Å². The number of hydrogen-bond donors (Lipinski definition) is 4. The fraction of sp³-hybridized carbons (Fsp3) is 0.846. The average molecular weight is 272 g/mol. The number of hydrogen-bond acceptors (Lipinski definition) is 4. The van der Waals surface area contributed by atoms with Gasteiger partial charge in [0.1, 0.15) is 12.1 Å². The minimum absolute atomic E-state index is 0.345. The summed E-state index contributed by atoms with van der Waals surface area (Å²) < 4.78 is 0. The third kappa shape index (κ3) is 5.16. The normalized spacial score (nSPS) is 21.4. The summed E-state index contributed by atoms with van der Waals surface area (Å²) in [5.41, 5.74) is 5.49. The van der Waals surface area contributed by atoms with E-state index in [0.717, 1.165) is 25.7 Å². The molecule has 5 N–H and O–H groups in total. The van der Waals surface area contributed by atoms with Crippen LogP contribution in [0.3, 0.4) is 0 Å². The predicted octanol–water partition coefficient (Wildman–Crippen LogP) is 0.234. The number of aliphatic carboxylic acids is 1. The molecule has 0 aromatic carbocycles. The lowest BCUT2D eigenvalue weighted by Crippen LogP contribution is -2.52. The summed E-state index contributed by atoms with van der Waals surface area (Å²) in [6.45, 7) is 1.40. The fourth-order valence-corrected chi connectivity index (χ4v) is 2.46. The summed E-state index contributed by atoms with van der Waals surface area (Å²) in [4.78, 5) is 22.9. The van der Waals surface area contributed by atoms with E-state index in [9.17, 15) is 14.7 Å². The van der Waals surface area contributed by atoms with Gasteiger partial charge in [0.25, 0.3) is 0 Å². The zero-order valence-electron chi connectivity index (χ0n) is 11.3. The Balaban J connectivity index is 2.52. The quantitative estimate of drug-likeness (QED) is 0.553. The van der Waals surface area contributed by atoms with Gasteiger partial charge in [-0.3, -0.25) is 4.79 Å². The molecule has 6 nitrogen and oxygen atoms in total. The Morgan fingerprint density at radius 1 is 1.32 bits per heavy atom. The summed E-state index contributed by atoms with van der Waals surface area (Å²) in [7, 11) is 0. The van der Waals surface area contributed by atoms with Crippen molar-refractivity contribution in [2.75, 3.05) is 0 Å². The molecular weight excluding hydrogens is 248 g/mol. The number of amides is 1. The van der Waals surface area contributed by atoms with E-state index in [2.05, 4.69) is 5.32 Å². The number of rotatable bonds is 6. The Morgan fingerprint density at radius 2 is 1.89 bits per heavy atom. The Labute approximate surface area is 113 Å². The fourth-order valence-electron chi connectivity index (χ4n) is 2.46. The molecule has 1 amide bonds. The molecule has 0 aliphatic heterocycles.